The highest BCUT2D eigenvalue weighted by Gasteiger charge is 2.28. The highest BCUT2D eigenvalue weighted by molar-refractivity contribution is 5.87. The molecular weight excluding hydrogens is 322 g/mol. The van der Waals surface area contributed by atoms with Crippen LogP contribution in [-0.4, -0.2) is 45.5 Å². The molecule has 1 N–H and O–H groups in total. The van der Waals surface area contributed by atoms with Crippen LogP contribution < -0.4 is 5.32 Å². The molecule has 8 nitrogen and oxygen atoms in total. The van der Waals surface area contributed by atoms with E-state index < -0.39 is 0 Å². The SMILES string of the molecule is Cc1noc2ncnc(N[C@@H]3COCC[C@H]3OCc3ccccn3)c12. The van der Waals surface area contributed by atoms with Crippen molar-refractivity contribution in [3.63, 3.8) is 0 Å². The predicted octanol–water partition coefficient (Wildman–Crippen LogP) is 2.11. The molecule has 0 aliphatic carbocycles. The van der Waals surface area contributed by atoms with Crippen molar-refractivity contribution in [3.05, 3.63) is 42.1 Å². The second kappa shape index (κ2) is 7.12. The van der Waals surface area contributed by atoms with Gasteiger partial charge >= 0.3 is 0 Å². The van der Waals surface area contributed by atoms with Gasteiger partial charge in [-0.1, -0.05) is 11.2 Å². The third-order valence-corrected chi connectivity index (χ3v) is 4.23. The number of pyridine rings is 1. The number of rotatable bonds is 5. The molecule has 1 saturated heterocycles. The van der Waals surface area contributed by atoms with Crippen LogP contribution in [0.5, 0.6) is 0 Å². The van der Waals surface area contributed by atoms with E-state index in [0.29, 0.717) is 31.4 Å². The van der Waals surface area contributed by atoms with E-state index in [1.807, 2.05) is 25.1 Å². The van der Waals surface area contributed by atoms with Gasteiger partial charge < -0.3 is 19.3 Å². The quantitative estimate of drug-likeness (QED) is 0.754. The highest BCUT2D eigenvalue weighted by Crippen LogP contribution is 2.25. The summed E-state index contributed by atoms with van der Waals surface area (Å²) in [4.78, 5) is 12.7. The molecule has 0 unspecified atom stereocenters. The van der Waals surface area contributed by atoms with E-state index in [4.69, 9.17) is 14.0 Å². The van der Waals surface area contributed by atoms with Gasteiger partial charge in [0.25, 0.3) is 5.71 Å². The van der Waals surface area contributed by atoms with Crippen molar-refractivity contribution in [2.75, 3.05) is 18.5 Å². The number of nitrogens with zero attached hydrogens (tertiary/aromatic N) is 4. The summed E-state index contributed by atoms with van der Waals surface area (Å²) in [6.45, 7) is 3.56. The normalized spacial score (nSPS) is 20.7. The number of fused-ring (bicyclic) bond motifs is 1. The van der Waals surface area contributed by atoms with Gasteiger partial charge in [-0.3, -0.25) is 4.98 Å². The first-order chi connectivity index (χ1) is 12.3. The zero-order valence-electron chi connectivity index (χ0n) is 13.9. The standard InChI is InChI=1S/C17H19N5O3/c1-11-15-16(19-10-20-17(15)25-22-11)21-13-9-23-7-5-14(13)24-8-12-4-2-3-6-18-12/h2-4,6,10,13-14H,5,7-9H2,1H3,(H,19,20,21)/t13-,14-/m1/s1. The first-order valence-electron chi connectivity index (χ1n) is 8.24. The molecule has 1 aliphatic heterocycles. The molecule has 3 aromatic rings. The van der Waals surface area contributed by atoms with Gasteiger partial charge in [-0.25, -0.2) is 4.98 Å². The zero-order valence-corrected chi connectivity index (χ0v) is 13.9. The predicted molar refractivity (Wildman–Crippen MR) is 90.0 cm³/mol. The molecule has 0 saturated carbocycles. The third-order valence-electron chi connectivity index (χ3n) is 4.23. The molecule has 1 aliphatic rings. The maximum atomic E-state index is 6.09. The van der Waals surface area contributed by atoms with Crippen LogP contribution in [0.3, 0.4) is 0 Å². The topological polar surface area (TPSA) is 95.2 Å². The molecule has 2 atom stereocenters. The minimum atomic E-state index is -0.0233. The Morgan fingerprint density at radius 1 is 1.28 bits per heavy atom. The molecule has 130 valence electrons. The molecule has 0 radical (unpaired) electrons. The van der Waals surface area contributed by atoms with Gasteiger partial charge in [0.1, 0.15) is 17.5 Å². The summed E-state index contributed by atoms with van der Waals surface area (Å²) in [5.74, 6) is 0.686. The highest BCUT2D eigenvalue weighted by atomic mass is 16.5. The molecule has 4 heterocycles. The summed E-state index contributed by atoms with van der Waals surface area (Å²) in [6, 6.07) is 5.78. The van der Waals surface area contributed by atoms with Gasteiger partial charge in [-0.05, 0) is 25.5 Å². The van der Waals surface area contributed by atoms with Crippen molar-refractivity contribution in [2.24, 2.45) is 0 Å². The van der Waals surface area contributed by atoms with Crippen LogP contribution in [0, 0.1) is 6.92 Å². The molecule has 0 amide bonds. The molecule has 4 rings (SSSR count). The van der Waals surface area contributed by atoms with Gasteiger partial charge in [0.05, 0.1) is 36.7 Å². The van der Waals surface area contributed by atoms with E-state index in [2.05, 4.69) is 25.4 Å². The summed E-state index contributed by atoms with van der Waals surface area (Å²) in [7, 11) is 0. The number of anilines is 1. The summed E-state index contributed by atoms with van der Waals surface area (Å²) in [6.07, 6.45) is 4.04. The third kappa shape index (κ3) is 3.45. The van der Waals surface area contributed by atoms with Crippen molar-refractivity contribution in [2.45, 2.75) is 32.1 Å². The zero-order chi connectivity index (χ0) is 17.1. The van der Waals surface area contributed by atoms with E-state index >= 15 is 0 Å². The first-order valence-corrected chi connectivity index (χ1v) is 8.24. The van der Waals surface area contributed by atoms with E-state index in [1.165, 1.54) is 6.33 Å². The average Bonchev–Trinajstić information content (AvgIpc) is 3.04. The number of aryl methyl sites for hydroxylation is 1. The number of hydrogen-bond donors (Lipinski definition) is 1. The number of ether oxygens (including phenoxy) is 2. The van der Waals surface area contributed by atoms with Gasteiger partial charge in [-0.2, -0.15) is 4.98 Å². The van der Waals surface area contributed by atoms with Gasteiger partial charge in [0.2, 0.25) is 0 Å². The minimum absolute atomic E-state index is 0.000868. The minimum Gasteiger partial charge on any atom is -0.379 e. The molecule has 0 aromatic carbocycles. The number of nitrogens with one attached hydrogen (secondary N) is 1. The Bertz CT molecular complexity index is 839. The van der Waals surface area contributed by atoms with Crippen LogP contribution in [0.2, 0.25) is 0 Å². The lowest BCUT2D eigenvalue weighted by molar-refractivity contribution is -0.0486. The molecule has 8 heteroatoms. The Morgan fingerprint density at radius 2 is 2.24 bits per heavy atom. The fraction of sp³-hybridized carbons (Fsp3) is 0.412. The molecule has 0 spiro atoms. The number of aromatic nitrogens is 4. The lowest BCUT2D eigenvalue weighted by Gasteiger charge is -2.32. The summed E-state index contributed by atoms with van der Waals surface area (Å²) >= 11 is 0. The summed E-state index contributed by atoms with van der Waals surface area (Å²) in [5, 5.41) is 8.16. The molecule has 3 aromatic heterocycles. The fourth-order valence-electron chi connectivity index (χ4n) is 2.94. The molecular formula is C17H19N5O3. The lowest BCUT2D eigenvalue weighted by atomic mass is 10.1. The van der Waals surface area contributed by atoms with E-state index in [0.717, 1.165) is 23.2 Å². The van der Waals surface area contributed by atoms with E-state index in [-0.39, 0.29) is 12.1 Å². The van der Waals surface area contributed by atoms with Crippen molar-refractivity contribution in [1.82, 2.24) is 20.1 Å². The Hall–Kier alpha value is -2.58. The second-order valence-corrected chi connectivity index (χ2v) is 5.96. The van der Waals surface area contributed by atoms with E-state index in [9.17, 15) is 0 Å². The molecule has 0 bridgehead atoms. The van der Waals surface area contributed by atoms with Crippen LogP contribution in [0.1, 0.15) is 17.8 Å². The van der Waals surface area contributed by atoms with Crippen LogP contribution >= 0.6 is 0 Å². The van der Waals surface area contributed by atoms with Gasteiger partial charge in [0, 0.05) is 12.8 Å². The number of hydrogen-bond acceptors (Lipinski definition) is 8. The van der Waals surface area contributed by atoms with Crippen LogP contribution in [0.15, 0.2) is 35.2 Å². The van der Waals surface area contributed by atoms with Crippen molar-refractivity contribution in [3.8, 4) is 0 Å². The largest absolute Gasteiger partial charge is 0.379 e. The lowest BCUT2D eigenvalue weighted by Crippen LogP contribution is -2.44. The Kier molecular flexibility index (Phi) is 4.53. The van der Waals surface area contributed by atoms with Crippen molar-refractivity contribution >= 4 is 16.9 Å². The van der Waals surface area contributed by atoms with Gasteiger partial charge in [-0.15, -0.1) is 0 Å². The van der Waals surface area contributed by atoms with Gasteiger partial charge in [0.15, 0.2) is 0 Å². The first kappa shape index (κ1) is 15.9. The Labute approximate surface area is 144 Å². The summed E-state index contributed by atoms with van der Waals surface area (Å²) in [5.41, 5.74) is 2.13. The van der Waals surface area contributed by atoms with Crippen molar-refractivity contribution in [1.29, 1.82) is 0 Å². The maximum Gasteiger partial charge on any atom is 0.263 e. The fourth-order valence-corrected chi connectivity index (χ4v) is 2.94. The summed E-state index contributed by atoms with van der Waals surface area (Å²) < 4.78 is 16.9. The molecule has 1 fully saturated rings. The van der Waals surface area contributed by atoms with Crippen LogP contribution in [-0.2, 0) is 16.1 Å². The molecule has 25 heavy (non-hydrogen) atoms. The van der Waals surface area contributed by atoms with Crippen LogP contribution in [0.4, 0.5) is 5.82 Å². The second-order valence-electron chi connectivity index (χ2n) is 5.96. The average molecular weight is 341 g/mol. The monoisotopic (exact) mass is 341 g/mol. The van der Waals surface area contributed by atoms with E-state index in [1.54, 1.807) is 6.20 Å². The maximum absolute atomic E-state index is 6.09. The Balaban J connectivity index is 1.50. The van der Waals surface area contributed by atoms with Crippen LogP contribution in [0.25, 0.3) is 11.1 Å². The smallest absolute Gasteiger partial charge is 0.263 e. The van der Waals surface area contributed by atoms with Crippen molar-refractivity contribution < 1.29 is 14.0 Å². The Morgan fingerprint density at radius 3 is 3.12 bits per heavy atom.